The van der Waals surface area contributed by atoms with Crippen LogP contribution in [0.1, 0.15) is 31.8 Å². The Labute approximate surface area is 141 Å². The van der Waals surface area contributed by atoms with Gasteiger partial charge in [0.05, 0.1) is 19.8 Å². The number of carbonyl (C=O) groups excluding carboxylic acids is 2. The first-order valence-electron chi connectivity index (χ1n) is 7.46. The minimum Gasteiger partial charge on any atom is -0.493 e. The summed E-state index contributed by atoms with van der Waals surface area (Å²) in [4.78, 5) is 24.3. The molecule has 0 bridgehead atoms. The van der Waals surface area contributed by atoms with Crippen LogP contribution in [-0.4, -0.2) is 32.6 Å². The number of benzene rings is 2. The summed E-state index contributed by atoms with van der Waals surface area (Å²) < 4.78 is 15.4. The van der Waals surface area contributed by atoms with Gasteiger partial charge in [-0.3, -0.25) is 4.79 Å². The molecule has 126 valence electrons. The van der Waals surface area contributed by atoms with Crippen LogP contribution in [0.2, 0.25) is 0 Å². The summed E-state index contributed by atoms with van der Waals surface area (Å²) in [7, 11) is 3.01. The van der Waals surface area contributed by atoms with E-state index < -0.39 is 5.97 Å². The first kappa shape index (κ1) is 17.5. The van der Waals surface area contributed by atoms with Gasteiger partial charge in [0.2, 0.25) is 0 Å². The van der Waals surface area contributed by atoms with Crippen molar-refractivity contribution < 1.29 is 23.8 Å². The average molecular weight is 328 g/mol. The van der Waals surface area contributed by atoms with Crippen molar-refractivity contribution in [2.75, 3.05) is 20.8 Å². The molecule has 24 heavy (non-hydrogen) atoms. The van der Waals surface area contributed by atoms with E-state index in [4.69, 9.17) is 14.2 Å². The van der Waals surface area contributed by atoms with Gasteiger partial charge in [-0.15, -0.1) is 0 Å². The molecule has 2 rings (SSSR count). The number of esters is 1. The SMILES string of the molecule is COc1ccc(C(=O)COC(=O)c2ccc(C)cc2C)cc1OC. The number of hydrogen-bond acceptors (Lipinski definition) is 5. The predicted molar refractivity (Wildman–Crippen MR) is 90.1 cm³/mol. The van der Waals surface area contributed by atoms with Crippen molar-refractivity contribution in [1.82, 2.24) is 0 Å². The number of aryl methyl sites for hydroxylation is 2. The average Bonchev–Trinajstić information content (AvgIpc) is 2.58. The molecule has 0 unspecified atom stereocenters. The van der Waals surface area contributed by atoms with E-state index in [1.807, 2.05) is 26.0 Å². The van der Waals surface area contributed by atoms with Gasteiger partial charge in [-0.05, 0) is 43.7 Å². The topological polar surface area (TPSA) is 61.8 Å². The van der Waals surface area contributed by atoms with Crippen molar-refractivity contribution in [3.63, 3.8) is 0 Å². The molecule has 2 aromatic carbocycles. The Bertz CT molecular complexity index is 764. The van der Waals surface area contributed by atoms with E-state index in [-0.39, 0.29) is 12.4 Å². The smallest absolute Gasteiger partial charge is 0.338 e. The molecule has 0 radical (unpaired) electrons. The summed E-state index contributed by atoms with van der Waals surface area (Å²) in [5.74, 6) is 0.153. The van der Waals surface area contributed by atoms with E-state index in [0.29, 0.717) is 22.6 Å². The van der Waals surface area contributed by atoms with E-state index in [2.05, 4.69) is 0 Å². The van der Waals surface area contributed by atoms with Gasteiger partial charge in [-0.2, -0.15) is 0 Å². The Kier molecular flexibility index (Phi) is 5.58. The molecular weight excluding hydrogens is 308 g/mol. The molecule has 5 heteroatoms. The molecule has 2 aromatic rings. The fourth-order valence-electron chi connectivity index (χ4n) is 2.34. The Morgan fingerprint density at radius 2 is 1.62 bits per heavy atom. The van der Waals surface area contributed by atoms with Gasteiger partial charge in [0.1, 0.15) is 0 Å². The molecule has 0 saturated heterocycles. The third kappa shape index (κ3) is 3.93. The summed E-state index contributed by atoms with van der Waals surface area (Å²) >= 11 is 0. The van der Waals surface area contributed by atoms with E-state index >= 15 is 0 Å². The lowest BCUT2D eigenvalue weighted by atomic mass is 10.1. The van der Waals surface area contributed by atoms with Crippen LogP contribution in [0.5, 0.6) is 11.5 Å². The minimum absolute atomic E-state index is 0.311. The number of rotatable bonds is 6. The fourth-order valence-corrected chi connectivity index (χ4v) is 2.34. The van der Waals surface area contributed by atoms with Gasteiger partial charge in [-0.25, -0.2) is 4.79 Å². The second kappa shape index (κ2) is 7.64. The lowest BCUT2D eigenvalue weighted by molar-refractivity contribution is 0.0474. The maximum absolute atomic E-state index is 12.2. The zero-order valence-electron chi connectivity index (χ0n) is 14.2. The van der Waals surface area contributed by atoms with Crippen LogP contribution < -0.4 is 9.47 Å². The van der Waals surface area contributed by atoms with Gasteiger partial charge >= 0.3 is 5.97 Å². The van der Waals surface area contributed by atoms with Crippen LogP contribution >= 0.6 is 0 Å². The highest BCUT2D eigenvalue weighted by Crippen LogP contribution is 2.27. The Balaban J connectivity index is 2.06. The van der Waals surface area contributed by atoms with Crippen LogP contribution in [0.25, 0.3) is 0 Å². The number of ketones is 1. The Morgan fingerprint density at radius 3 is 2.25 bits per heavy atom. The number of Topliss-reactive ketones (excluding diaryl/α,β-unsaturated/α-hetero) is 1. The van der Waals surface area contributed by atoms with Crippen molar-refractivity contribution in [3.05, 3.63) is 58.7 Å². The number of methoxy groups -OCH3 is 2. The summed E-state index contributed by atoms with van der Waals surface area (Å²) in [6.45, 7) is 3.45. The minimum atomic E-state index is -0.513. The Morgan fingerprint density at radius 1 is 0.917 bits per heavy atom. The zero-order valence-corrected chi connectivity index (χ0v) is 14.2. The molecule has 0 atom stereocenters. The number of ether oxygens (including phenoxy) is 3. The molecule has 0 amide bonds. The highest BCUT2D eigenvalue weighted by atomic mass is 16.5. The van der Waals surface area contributed by atoms with Crippen molar-refractivity contribution >= 4 is 11.8 Å². The molecule has 5 nitrogen and oxygen atoms in total. The summed E-state index contributed by atoms with van der Waals surface area (Å²) in [6.07, 6.45) is 0. The molecule has 0 spiro atoms. The van der Waals surface area contributed by atoms with Gasteiger partial charge in [0, 0.05) is 5.56 Å². The molecule has 0 aromatic heterocycles. The molecule has 0 saturated carbocycles. The van der Waals surface area contributed by atoms with Gasteiger partial charge in [0.15, 0.2) is 23.9 Å². The van der Waals surface area contributed by atoms with Gasteiger partial charge in [-0.1, -0.05) is 17.7 Å². The largest absolute Gasteiger partial charge is 0.493 e. The fraction of sp³-hybridized carbons (Fsp3) is 0.263. The third-order valence-corrected chi connectivity index (χ3v) is 3.64. The van der Waals surface area contributed by atoms with Crippen LogP contribution in [0.15, 0.2) is 36.4 Å². The van der Waals surface area contributed by atoms with Crippen molar-refractivity contribution in [2.24, 2.45) is 0 Å². The van der Waals surface area contributed by atoms with Crippen LogP contribution in [0.4, 0.5) is 0 Å². The molecule has 0 aliphatic rings. The quantitative estimate of drug-likeness (QED) is 0.601. The van der Waals surface area contributed by atoms with E-state index in [0.717, 1.165) is 11.1 Å². The van der Waals surface area contributed by atoms with Crippen molar-refractivity contribution in [1.29, 1.82) is 0 Å². The van der Waals surface area contributed by atoms with Crippen molar-refractivity contribution in [3.8, 4) is 11.5 Å². The van der Waals surface area contributed by atoms with Crippen LogP contribution in [-0.2, 0) is 4.74 Å². The van der Waals surface area contributed by atoms with E-state index in [1.54, 1.807) is 24.3 Å². The summed E-state index contributed by atoms with van der Waals surface area (Å²) in [6, 6.07) is 10.2. The highest BCUT2D eigenvalue weighted by molar-refractivity contribution is 6.00. The number of carbonyl (C=O) groups is 2. The van der Waals surface area contributed by atoms with Crippen LogP contribution in [0, 0.1) is 13.8 Å². The van der Waals surface area contributed by atoms with E-state index in [1.165, 1.54) is 14.2 Å². The second-order valence-electron chi connectivity index (χ2n) is 5.39. The lowest BCUT2D eigenvalue weighted by Gasteiger charge is -2.10. The number of hydrogen-bond donors (Lipinski definition) is 0. The predicted octanol–water partition coefficient (Wildman–Crippen LogP) is 3.36. The van der Waals surface area contributed by atoms with Crippen molar-refractivity contribution in [2.45, 2.75) is 13.8 Å². The standard InChI is InChI=1S/C19H20O5/c1-12-5-7-15(13(2)9-12)19(21)24-11-16(20)14-6-8-17(22-3)18(10-14)23-4/h5-10H,11H2,1-4H3. The van der Waals surface area contributed by atoms with Crippen LogP contribution in [0.3, 0.4) is 0 Å². The molecule has 0 fully saturated rings. The maximum Gasteiger partial charge on any atom is 0.338 e. The zero-order chi connectivity index (χ0) is 17.7. The molecule has 0 N–H and O–H groups in total. The highest BCUT2D eigenvalue weighted by Gasteiger charge is 2.15. The first-order valence-corrected chi connectivity index (χ1v) is 7.46. The molecule has 0 aliphatic heterocycles. The maximum atomic E-state index is 12.2. The molecular formula is C19H20O5. The van der Waals surface area contributed by atoms with Gasteiger partial charge < -0.3 is 14.2 Å². The van der Waals surface area contributed by atoms with Gasteiger partial charge in [0.25, 0.3) is 0 Å². The monoisotopic (exact) mass is 328 g/mol. The summed E-state index contributed by atoms with van der Waals surface area (Å²) in [5.41, 5.74) is 2.73. The third-order valence-electron chi connectivity index (χ3n) is 3.64. The normalized spacial score (nSPS) is 10.2. The van der Waals surface area contributed by atoms with E-state index in [9.17, 15) is 9.59 Å². The first-order chi connectivity index (χ1) is 11.5. The lowest BCUT2D eigenvalue weighted by Crippen LogP contribution is -2.15. The molecule has 0 aliphatic carbocycles. The second-order valence-corrected chi connectivity index (χ2v) is 5.39. The summed E-state index contributed by atoms with van der Waals surface area (Å²) in [5, 5.41) is 0. The molecule has 0 heterocycles. The Hall–Kier alpha value is -2.82.